The molecule has 0 aliphatic carbocycles. The van der Waals surface area contributed by atoms with Gasteiger partial charge in [0.1, 0.15) is 17.3 Å². The Morgan fingerprint density at radius 1 is 1.00 bits per heavy atom. The molecule has 1 heterocycles. The lowest BCUT2D eigenvalue weighted by molar-refractivity contribution is 0.340. The molecule has 0 atom stereocenters. The SMILES string of the molecule is CCOc1ccc(Nc2ccnc(Nc3cc(C)ccc3OC)n2)cc1. The van der Waals surface area contributed by atoms with Gasteiger partial charge in [-0.3, -0.25) is 0 Å². The van der Waals surface area contributed by atoms with Crippen molar-refractivity contribution in [2.45, 2.75) is 13.8 Å². The van der Waals surface area contributed by atoms with Crippen LogP contribution in [-0.4, -0.2) is 23.7 Å². The molecule has 0 radical (unpaired) electrons. The molecule has 0 fully saturated rings. The molecule has 6 heteroatoms. The van der Waals surface area contributed by atoms with Crippen LogP contribution in [0.4, 0.5) is 23.1 Å². The number of nitrogens with one attached hydrogen (secondary N) is 2. The van der Waals surface area contributed by atoms with Crippen LogP contribution in [0, 0.1) is 6.92 Å². The zero-order valence-electron chi connectivity index (χ0n) is 15.1. The minimum atomic E-state index is 0.491. The van der Waals surface area contributed by atoms with Crippen LogP contribution >= 0.6 is 0 Å². The van der Waals surface area contributed by atoms with E-state index in [0.717, 1.165) is 28.4 Å². The molecule has 0 aliphatic heterocycles. The predicted molar refractivity (Wildman–Crippen MR) is 104 cm³/mol. The lowest BCUT2D eigenvalue weighted by atomic mass is 10.2. The van der Waals surface area contributed by atoms with Crippen LogP contribution in [-0.2, 0) is 0 Å². The molecular formula is C20H22N4O2. The Balaban J connectivity index is 1.75. The van der Waals surface area contributed by atoms with E-state index in [1.807, 2.05) is 62.4 Å². The lowest BCUT2D eigenvalue weighted by Gasteiger charge is -2.12. The molecule has 1 aromatic heterocycles. The molecule has 0 saturated heterocycles. The Bertz CT molecular complexity index is 866. The predicted octanol–water partition coefficient (Wildman–Crippen LogP) is 4.68. The summed E-state index contributed by atoms with van der Waals surface area (Å²) in [6, 6.07) is 15.5. The smallest absolute Gasteiger partial charge is 0.229 e. The second-order valence-corrected chi connectivity index (χ2v) is 5.68. The number of ether oxygens (including phenoxy) is 2. The van der Waals surface area contributed by atoms with Crippen molar-refractivity contribution in [1.29, 1.82) is 0 Å². The highest BCUT2D eigenvalue weighted by Crippen LogP contribution is 2.28. The van der Waals surface area contributed by atoms with E-state index in [9.17, 15) is 0 Å². The van der Waals surface area contributed by atoms with Crippen LogP contribution < -0.4 is 20.1 Å². The van der Waals surface area contributed by atoms with Gasteiger partial charge in [-0.1, -0.05) is 6.07 Å². The zero-order valence-corrected chi connectivity index (χ0v) is 15.1. The maximum absolute atomic E-state index is 5.45. The van der Waals surface area contributed by atoms with E-state index in [-0.39, 0.29) is 0 Å². The Morgan fingerprint density at radius 3 is 2.54 bits per heavy atom. The third kappa shape index (κ3) is 4.42. The van der Waals surface area contributed by atoms with E-state index >= 15 is 0 Å². The Morgan fingerprint density at radius 2 is 1.81 bits per heavy atom. The Labute approximate surface area is 153 Å². The minimum Gasteiger partial charge on any atom is -0.495 e. The topological polar surface area (TPSA) is 68.3 Å². The highest BCUT2D eigenvalue weighted by molar-refractivity contribution is 5.65. The number of nitrogens with zero attached hydrogens (tertiary/aromatic N) is 2. The number of anilines is 4. The quantitative estimate of drug-likeness (QED) is 0.645. The van der Waals surface area contributed by atoms with Gasteiger partial charge in [-0.15, -0.1) is 0 Å². The molecule has 134 valence electrons. The molecule has 6 nitrogen and oxygen atoms in total. The van der Waals surface area contributed by atoms with Crippen molar-refractivity contribution in [2.75, 3.05) is 24.4 Å². The van der Waals surface area contributed by atoms with Gasteiger partial charge in [0.05, 0.1) is 19.4 Å². The highest BCUT2D eigenvalue weighted by Gasteiger charge is 2.06. The molecule has 0 saturated carbocycles. The van der Waals surface area contributed by atoms with Crippen molar-refractivity contribution in [3.8, 4) is 11.5 Å². The van der Waals surface area contributed by atoms with E-state index in [0.29, 0.717) is 18.4 Å². The van der Waals surface area contributed by atoms with Crippen molar-refractivity contribution < 1.29 is 9.47 Å². The van der Waals surface area contributed by atoms with Crippen LogP contribution in [0.2, 0.25) is 0 Å². The van der Waals surface area contributed by atoms with Crippen LogP contribution in [0.15, 0.2) is 54.7 Å². The Hall–Kier alpha value is -3.28. The summed E-state index contributed by atoms with van der Waals surface area (Å²) in [5, 5.41) is 6.47. The lowest BCUT2D eigenvalue weighted by Crippen LogP contribution is -2.02. The first-order valence-electron chi connectivity index (χ1n) is 8.42. The number of methoxy groups -OCH3 is 1. The third-order valence-corrected chi connectivity index (χ3v) is 3.69. The molecule has 3 rings (SSSR count). The molecular weight excluding hydrogens is 328 g/mol. The fraction of sp³-hybridized carbons (Fsp3) is 0.200. The summed E-state index contributed by atoms with van der Waals surface area (Å²) in [5.74, 6) is 2.77. The van der Waals surface area contributed by atoms with Crippen LogP contribution in [0.1, 0.15) is 12.5 Å². The summed E-state index contributed by atoms with van der Waals surface area (Å²) in [7, 11) is 1.64. The first-order valence-corrected chi connectivity index (χ1v) is 8.42. The molecule has 2 aromatic carbocycles. The van der Waals surface area contributed by atoms with Crippen molar-refractivity contribution in [3.05, 3.63) is 60.3 Å². The average molecular weight is 350 g/mol. The molecule has 0 bridgehead atoms. The van der Waals surface area contributed by atoms with E-state index in [1.54, 1.807) is 13.3 Å². The first-order chi connectivity index (χ1) is 12.7. The summed E-state index contributed by atoms with van der Waals surface area (Å²) in [6.45, 7) is 4.64. The number of aryl methyl sites for hydroxylation is 1. The van der Waals surface area contributed by atoms with Gasteiger partial charge in [0.15, 0.2) is 0 Å². The van der Waals surface area contributed by atoms with Gasteiger partial charge in [-0.25, -0.2) is 4.98 Å². The van der Waals surface area contributed by atoms with Crippen molar-refractivity contribution >= 4 is 23.1 Å². The Kier molecular flexibility index (Phi) is 5.53. The molecule has 0 unspecified atom stereocenters. The van der Waals surface area contributed by atoms with Crippen LogP contribution in [0.25, 0.3) is 0 Å². The molecule has 0 amide bonds. The maximum Gasteiger partial charge on any atom is 0.229 e. The van der Waals surface area contributed by atoms with Crippen molar-refractivity contribution in [1.82, 2.24) is 9.97 Å². The van der Waals surface area contributed by atoms with Crippen molar-refractivity contribution in [2.24, 2.45) is 0 Å². The van der Waals surface area contributed by atoms with E-state index in [4.69, 9.17) is 9.47 Å². The van der Waals surface area contributed by atoms with E-state index in [2.05, 4.69) is 20.6 Å². The molecule has 26 heavy (non-hydrogen) atoms. The normalized spacial score (nSPS) is 10.3. The monoisotopic (exact) mass is 350 g/mol. The second kappa shape index (κ2) is 8.20. The fourth-order valence-corrected chi connectivity index (χ4v) is 2.48. The zero-order chi connectivity index (χ0) is 18.4. The molecule has 0 spiro atoms. The number of benzene rings is 2. The van der Waals surface area contributed by atoms with Crippen LogP contribution in [0.5, 0.6) is 11.5 Å². The highest BCUT2D eigenvalue weighted by atomic mass is 16.5. The summed E-state index contributed by atoms with van der Waals surface area (Å²) in [6.07, 6.45) is 1.70. The summed E-state index contributed by atoms with van der Waals surface area (Å²) < 4.78 is 10.8. The number of hydrogen-bond acceptors (Lipinski definition) is 6. The van der Waals surface area contributed by atoms with Gasteiger partial charge < -0.3 is 20.1 Å². The molecule has 0 aliphatic rings. The number of hydrogen-bond donors (Lipinski definition) is 2. The standard InChI is InChI=1S/C20H22N4O2/c1-4-26-16-8-6-15(7-9-16)22-19-11-12-21-20(24-19)23-17-13-14(2)5-10-18(17)25-3/h5-13H,4H2,1-3H3,(H2,21,22,23,24). The average Bonchev–Trinajstić information content (AvgIpc) is 2.64. The number of aromatic nitrogens is 2. The van der Waals surface area contributed by atoms with Crippen molar-refractivity contribution in [3.63, 3.8) is 0 Å². The molecule has 2 N–H and O–H groups in total. The summed E-state index contributed by atoms with van der Waals surface area (Å²) in [5.41, 5.74) is 2.87. The molecule has 3 aromatic rings. The van der Waals surface area contributed by atoms with Gasteiger partial charge >= 0.3 is 0 Å². The van der Waals surface area contributed by atoms with E-state index in [1.165, 1.54) is 0 Å². The maximum atomic E-state index is 5.45. The minimum absolute atomic E-state index is 0.491. The largest absolute Gasteiger partial charge is 0.495 e. The summed E-state index contributed by atoms with van der Waals surface area (Å²) in [4.78, 5) is 8.79. The van der Waals surface area contributed by atoms with Gasteiger partial charge in [0.2, 0.25) is 5.95 Å². The summed E-state index contributed by atoms with van der Waals surface area (Å²) >= 11 is 0. The second-order valence-electron chi connectivity index (χ2n) is 5.68. The fourth-order valence-electron chi connectivity index (χ4n) is 2.48. The van der Waals surface area contributed by atoms with Crippen LogP contribution in [0.3, 0.4) is 0 Å². The van der Waals surface area contributed by atoms with Gasteiger partial charge in [0.25, 0.3) is 0 Å². The first kappa shape index (κ1) is 17.5. The van der Waals surface area contributed by atoms with Gasteiger partial charge in [0, 0.05) is 11.9 Å². The van der Waals surface area contributed by atoms with Gasteiger partial charge in [-0.2, -0.15) is 4.98 Å². The van der Waals surface area contributed by atoms with E-state index < -0.39 is 0 Å². The number of rotatable bonds is 7. The third-order valence-electron chi connectivity index (χ3n) is 3.69. The van der Waals surface area contributed by atoms with Gasteiger partial charge in [-0.05, 0) is 61.9 Å².